The van der Waals surface area contributed by atoms with Crippen molar-refractivity contribution in [1.82, 2.24) is 4.98 Å². The summed E-state index contributed by atoms with van der Waals surface area (Å²) in [5.41, 5.74) is -1.28. The third kappa shape index (κ3) is 1.78. The molecule has 0 aliphatic carbocycles. The second kappa shape index (κ2) is 3.98. The van der Waals surface area contributed by atoms with Crippen LogP contribution in [0.3, 0.4) is 0 Å². The van der Waals surface area contributed by atoms with Crippen molar-refractivity contribution in [2.45, 2.75) is 13.0 Å². The van der Waals surface area contributed by atoms with Gasteiger partial charge in [0.2, 0.25) is 0 Å². The monoisotopic (exact) mass is 200 g/mol. The molecule has 0 radical (unpaired) electrons. The molecular weight excluding hydrogens is 194 g/mol. The molecule has 6 heteroatoms. The van der Waals surface area contributed by atoms with Crippen molar-refractivity contribution < 1.29 is 19.0 Å². The predicted octanol–water partition coefficient (Wildman–Crippen LogP) is 1.09. The number of nitrogens with zero attached hydrogens (tertiary/aromatic N) is 2. The van der Waals surface area contributed by atoms with Crippen LogP contribution in [0.25, 0.3) is 0 Å². The van der Waals surface area contributed by atoms with Crippen LogP contribution < -0.4 is 0 Å². The van der Waals surface area contributed by atoms with Crippen LogP contribution in [-0.2, 0) is 6.61 Å². The number of aliphatic hydroxyl groups is 1. The SMILES string of the molecule is N#Cc1nc(CO)cc(C(F)F)c1O. The smallest absolute Gasteiger partial charge is 0.267 e. The molecule has 0 saturated heterocycles. The maximum absolute atomic E-state index is 12.3. The number of aliphatic hydroxyl groups excluding tert-OH is 1. The van der Waals surface area contributed by atoms with Crippen LogP contribution in [-0.4, -0.2) is 15.2 Å². The Morgan fingerprint density at radius 3 is 2.64 bits per heavy atom. The lowest BCUT2D eigenvalue weighted by Gasteiger charge is -2.06. The molecule has 0 unspecified atom stereocenters. The summed E-state index contributed by atoms with van der Waals surface area (Å²) in [7, 11) is 0. The Hall–Kier alpha value is -1.74. The molecule has 1 heterocycles. The van der Waals surface area contributed by atoms with Crippen molar-refractivity contribution in [1.29, 1.82) is 5.26 Å². The zero-order valence-corrected chi connectivity index (χ0v) is 6.91. The molecule has 0 spiro atoms. The summed E-state index contributed by atoms with van der Waals surface area (Å²) in [6.07, 6.45) is -2.91. The average Bonchev–Trinajstić information content (AvgIpc) is 2.17. The number of hydrogen-bond donors (Lipinski definition) is 2. The minimum Gasteiger partial charge on any atom is -0.505 e. The number of aromatic hydroxyl groups is 1. The van der Waals surface area contributed by atoms with Gasteiger partial charge in [0.15, 0.2) is 11.4 Å². The van der Waals surface area contributed by atoms with E-state index in [9.17, 15) is 8.78 Å². The fraction of sp³-hybridized carbons (Fsp3) is 0.250. The molecular formula is C8H6F2N2O2. The molecule has 0 aliphatic heterocycles. The van der Waals surface area contributed by atoms with E-state index in [1.54, 1.807) is 0 Å². The molecule has 0 aliphatic rings. The maximum atomic E-state index is 12.3. The maximum Gasteiger partial charge on any atom is 0.267 e. The van der Waals surface area contributed by atoms with E-state index in [2.05, 4.69) is 4.98 Å². The van der Waals surface area contributed by atoms with Crippen molar-refractivity contribution in [2.24, 2.45) is 0 Å². The largest absolute Gasteiger partial charge is 0.505 e. The minimum absolute atomic E-state index is 0.0744. The molecule has 0 aromatic carbocycles. The van der Waals surface area contributed by atoms with Gasteiger partial charge in [0.1, 0.15) is 6.07 Å². The van der Waals surface area contributed by atoms with Gasteiger partial charge in [-0.05, 0) is 6.07 Å². The Kier molecular flexibility index (Phi) is 2.94. The topological polar surface area (TPSA) is 77.1 Å². The minimum atomic E-state index is -2.91. The van der Waals surface area contributed by atoms with Gasteiger partial charge < -0.3 is 10.2 Å². The van der Waals surface area contributed by atoms with E-state index in [-0.39, 0.29) is 5.69 Å². The van der Waals surface area contributed by atoms with Crippen LogP contribution in [0.1, 0.15) is 23.4 Å². The van der Waals surface area contributed by atoms with E-state index in [0.29, 0.717) is 0 Å². The number of halogens is 2. The van der Waals surface area contributed by atoms with E-state index in [4.69, 9.17) is 15.5 Å². The first-order valence-electron chi connectivity index (χ1n) is 3.62. The molecule has 1 rings (SSSR count). The third-order valence-corrected chi connectivity index (χ3v) is 1.58. The molecule has 0 fully saturated rings. The van der Waals surface area contributed by atoms with E-state index in [0.717, 1.165) is 6.07 Å². The molecule has 2 N–H and O–H groups in total. The standard InChI is InChI=1S/C8H6F2N2O2/c9-8(10)5-1-4(3-13)12-6(2-11)7(5)14/h1,8,13-14H,3H2. The predicted molar refractivity (Wildman–Crippen MR) is 41.5 cm³/mol. The summed E-state index contributed by atoms with van der Waals surface area (Å²) in [5.74, 6) is -0.834. The lowest BCUT2D eigenvalue weighted by Crippen LogP contribution is -1.98. The van der Waals surface area contributed by atoms with Crippen LogP contribution >= 0.6 is 0 Å². The fourth-order valence-corrected chi connectivity index (χ4v) is 0.939. The van der Waals surface area contributed by atoms with Crippen molar-refractivity contribution in [3.05, 3.63) is 23.0 Å². The van der Waals surface area contributed by atoms with E-state index in [1.807, 2.05) is 0 Å². The molecule has 0 atom stereocenters. The summed E-state index contributed by atoms with van der Waals surface area (Å²) in [4.78, 5) is 3.46. The highest BCUT2D eigenvalue weighted by Crippen LogP contribution is 2.30. The third-order valence-electron chi connectivity index (χ3n) is 1.58. The van der Waals surface area contributed by atoms with Gasteiger partial charge in [-0.25, -0.2) is 13.8 Å². The Morgan fingerprint density at radius 2 is 2.21 bits per heavy atom. The number of pyridine rings is 1. The van der Waals surface area contributed by atoms with Gasteiger partial charge in [-0.3, -0.25) is 0 Å². The summed E-state index contributed by atoms with van der Waals surface area (Å²) < 4.78 is 24.6. The Bertz CT molecular complexity index is 388. The van der Waals surface area contributed by atoms with Crippen molar-refractivity contribution in [2.75, 3.05) is 0 Å². The first-order chi connectivity index (χ1) is 6.60. The average molecular weight is 200 g/mol. The second-order valence-corrected chi connectivity index (χ2v) is 2.47. The fourth-order valence-electron chi connectivity index (χ4n) is 0.939. The van der Waals surface area contributed by atoms with Gasteiger partial charge >= 0.3 is 0 Å². The van der Waals surface area contributed by atoms with E-state index < -0.39 is 30.0 Å². The van der Waals surface area contributed by atoms with Gasteiger partial charge in [0.25, 0.3) is 6.43 Å². The van der Waals surface area contributed by atoms with Crippen molar-refractivity contribution in [3.63, 3.8) is 0 Å². The van der Waals surface area contributed by atoms with Gasteiger partial charge in [-0.2, -0.15) is 5.26 Å². The van der Waals surface area contributed by atoms with Crippen molar-refractivity contribution in [3.8, 4) is 11.8 Å². The van der Waals surface area contributed by atoms with Crippen LogP contribution in [0.5, 0.6) is 5.75 Å². The summed E-state index contributed by atoms with van der Waals surface area (Å²) in [6.45, 7) is -0.561. The molecule has 0 saturated carbocycles. The Balaban J connectivity index is 3.36. The molecule has 1 aromatic heterocycles. The van der Waals surface area contributed by atoms with Gasteiger partial charge in [-0.1, -0.05) is 0 Å². The van der Waals surface area contributed by atoms with Crippen LogP contribution in [0.2, 0.25) is 0 Å². The molecule has 4 nitrogen and oxygen atoms in total. The first-order valence-corrected chi connectivity index (χ1v) is 3.62. The van der Waals surface area contributed by atoms with Gasteiger partial charge in [0, 0.05) is 0 Å². The number of rotatable bonds is 2. The number of alkyl halides is 2. The van der Waals surface area contributed by atoms with Gasteiger partial charge in [-0.15, -0.1) is 0 Å². The molecule has 14 heavy (non-hydrogen) atoms. The Labute approximate surface area is 78.1 Å². The lowest BCUT2D eigenvalue weighted by atomic mass is 10.1. The molecule has 0 amide bonds. The number of aromatic nitrogens is 1. The van der Waals surface area contributed by atoms with Crippen LogP contribution in [0.15, 0.2) is 6.07 Å². The van der Waals surface area contributed by atoms with Gasteiger partial charge in [0.05, 0.1) is 17.9 Å². The highest BCUT2D eigenvalue weighted by molar-refractivity contribution is 5.44. The van der Waals surface area contributed by atoms with Crippen molar-refractivity contribution >= 4 is 0 Å². The zero-order valence-electron chi connectivity index (χ0n) is 6.91. The van der Waals surface area contributed by atoms with E-state index in [1.165, 1.54) is 6.07 Å². The molecule has 0 bridgehead atoms. The first kappa shape index (κ1) is 10.3. The normalized spacial score (nSPS) is 10.2. The highest BCUT2D eigenvalue weighted by Gasteiger charge is 2.18. The quantitative estimate of drug-likeness (QED) is 0.749. The summed E-state index contributed by atoms with van der Waals surface area (Å²) in [5, 5.41) is 26.2. The molecule has 74 valence electrons. The Morgan fingerprint density at radius 1 is 1.57 bits per heavy atom. The summed E-state index contributed by atoms with van der Waals surface area (Å²) >= 11 is 0. The molecule has 1 aromatic rings. The summed E-state index contributed by atoms with van der Waals surface area (Å²) in [6, 6.07) is 2.32. The van der Waals surface area contributed by atoms with Crippen LogP contribution in [0, 0.1) is 11.3 Å². The zero-order chi connectivity index (χ0) is 10.7. The number of nitriles is 1. The highest BCUT2D eigenvalue weighted by atomic mass is 19.3. The number of hydrogen-bond acceptors (Lipinski definition) is 4. The lowest BCUT2D eigenvalue weighted by molar-refractivity contribution is 0.146. The second-order valence-electron chi connectivity index (χ2n) is 2.47. The van der Waals surface area contributed by atoms with E-state index >= 15 is 0 Å². The van der Waals surface area contributed by atoms with Crippen LogP contribution in [0.4, 0.5) is 8.78 Å².